The minimum atomic E-state index is 0.215. The second-order valence-electron chi connectivity index (χ2n) is 3.53. The summed E-state index contributed by atoms with van der Waals surface area (Å²) < 4.78 is 0. The first-order valence-electron chi connectivity index (χ1n) is 5.12. The molecular weight excluding hydrogens is 246 g/mol. The Morgan fingerprint density at radius 3 is 2.39 bits per heavy atom. The molecule has 0 saturated heterocycles. The predicted octanol–water partition coefficient (Wildman–Crippen LogP) is 2.59. The zero-order chi connectivity index (χ0) is 13.0. The third kappa shape index (κ3) is 2.79. The van der Waals surface area contributed by atoms with E-state index in [1.165, 1.54) is 6.20 Å². The van der Waals surface area contributed by atoms with Crippen LogP contribution in [0, 0.1) is 23.2 Å². The van der Waals surface area contributed by atoms with E-state index in [2.05, 4.69) is 16.8 Å². The van der Waals surface area contributed by atoms with Gasteiger partial charge >= 0.3 is 0 Å². The number of aromatic nitrogens is 1. The molecule has 0 unspecified atom stereocenters. The molecule has 4 heteroatoms. The first kappa shape index (κ1) is 12.0. The van der Waals surface area contributed by atoms with E-state index in [0.717, 1.165) is 5.56 Å². The Kier molecular flexibility index (Phi) is 3.48. The minimum absolute atomic E-state index is 0.215. The van der Waals surface area contributed by atoms with Crippen molar-refractivity contribution in [3.05, 3.63) is 58.4 Å². The van der Waals surface area contributed by atoms with E-state index in [-0.39, 0.29) is 5.69 Å². The van der Waals surface area contributed by atoms with Crippen LogP contribution in [0.4, 0.5) is 5.69 Å². The molecule has 0 spiro atoms. The Bertz CT molecular complexity index is 673. The predicted molar refractivity (Wildman–Crippen MR) is 70.8 cm³/mol. The second kappa shape index (κ2) is 5.23. The number of nitriles is 1. The molecule has 0 radical (unpaired) electrons. The van der Waals surface area contributed by atoms with Crippen molar-refractivity contribution in [2.24, 2.45) is 0 Å². The number of rotatable bonds is 0. The van der Waals surface area contributed by atoms with Crippen molar-refractivity contribution < 1.29 is 0 Å². The maximum atomic E-state index is 8.70. The molecule has 2 aromatic rings. The number of anilines is 1. The van der Waals surface area contributed by atoms with E-state index in [0.29, 0.717) is 16.3 Å². The van der Waals surface area contributed by atoms with Gasteiger partial charge in [0.2, 0.25) is 0 Å². The minimum Gasteiger partial charge on any atom is -0.396 e. The number of nitrogen functional groups attached to an aromatic ring is 1. The molecule has 86 valence electrons. The van der Waals surface area contributed by atoms with E-state index in [4.69, 9.17) is 22.6 Å². The first-order chi connectivity index (χ1) is 8.69. The molecule has 1 aromatic carbocycles. The van der Waals surface area contributed by atoms with E-state index < -0.39 is 0 Å². The van der Waals surface area contributed by atoms with Crippen LogP contribution in [0.2, 0.25) is 5.02 Å². The molecule has 18 heavy (non-hydrogen) atoms. The van der Waals surface area contributed by atoms with Gasteiger partial charge in [-0.05, 0) is 30.3 Å². The van der Waals surface area contributed by atoms with Crippen LogP contribution in [0.15, 0.2) is 36.5 Å². The largest absolute Gasteiger partial charge is 0.396 e. The summed E-state index contributed by atoms with van der Waals surface area (Å²) >= 11 is 5.78. The van der Waals surface area contributed by atoms with Gasteiger partial charge in [-0.3, -0.25) is 0 Å². The number of hydrogen-bond acceptors (Lipinski definition) is 3. The maximum absolute atomic E-state index is 8.70. The van der Waals surface area contributed by atoms with Crippen LogP contribution >= 0.6 is 11.6 Å². The van der Waals surface area contributed by atoms with Gasteiger partial charge in [0.25, 0.3) is 0 Å². The summed E-state index contributed by atoms with van der Waals surface area (Å²) in [5.41, 5.74) is 7.72. The van der Waals surface area contributed by atoms with Gasteiger partial charge in [0, 0.05) is 22.3 Å². The Balaban J connectivity index is 2.28. The topological polar surface area (TPSA) is 62.7 Å². The van der Waals surface area contributed by atoms with Crippen LogP contribution in [0.3, 0.4) is 0 Å². The lowest BCUT2D eigenvalue weighted by molar-refractivity contribution is 1.26. The fraction of sp³-hybridized carbons (Fsp3) is 0. The van der Waals surface area contributed by atoms with Crippen LogP contribution in [0.25, 0.3) is 0 Å². The molecule has 0 aliphatic rings. The zero-order valence-electron chi connectivity index (χ0n) is 9.31. The molecule has 0 bridgehead atoms. The Morgan fingerprint density at radius 2 is 1.78 bits per heavy atom. The monoisotopic (exact) mass is 253 g/mol. The number of hydrogen-bond donors (Lipinski definition) is 1. The number of nitrogens with two attached hydrogens (primary N) is 1. The average molecular weight is 254 g/mol. The van der Waals surface area contributed by atoms with E-state index in [1.807, 2.05) is 18.2 Å². The quantitative estimate of drug-likeness (QED) is 0.734. The van der Waals surface area contributed by atoms with Gasteiger partial charge in [-0.2, -0.15) is 5.26 Å². The van der Waals surface area contributed by atoms with Crippen LogP contribution in [-0.4, -0.2) is 4.98 Å². The highest BCUT2D eigenvalue weighted by molar-refractivity contribution is 6.30. The smallest absolute Gasteiger partial charge is 0.163 e. The lowest BCUT2D eigenvalue weighted by atomic mass is 10.2. The average Bonchev–Trinajstić information content (AvgIpc) is 2.38. The Labute approximate surface area is 110 Å². The highest BCUT2D eigenvalue weighted by Gasteiger charge is 1.99. The Morgan fingerprint density at radius 1 is 1.11 bits per heavy atom. The molecule has 0 atom stereocenters. The molecule has 0 fully saturated rings. The second-order valence-corrected chi connectivity index (χ2v) is 3.97. The van der Waals surface area contributed by atoms with Crippen molar-refractivity contribution >= 4 is 17.3 Å². The molecule has 2 rings (SSSR count). The van der Waals surface area contributed by atoms with Gasteiger partial charge in [-0.1, -0.05) is 23.4 Å². The number of pyridine rings is 1. The first-order valence-corrected chi connectivity index (χ1v) is 5.50. The maximum Gasteiger partial charge on any atom is 0.163 e. The van der Waals surface area contributed by atoms with Gasteiger partial charge in [0.05, 0.1) is 5.69 Å². The summed E-state index contributed by atoms with van der Waals surface area (Å²) in [4.78, 5) is 3.91. The Hall–Kier alpha value is -2.49. The number of halogens is 1. The molecule has 0 saturated carbocycles. The van der Waals surface area contributed by atoms with Crippen LogP contribution < -0.4 is 5.73 Å². The van der Waals surface area contributed by atoms with Crippen LogP contribution in [0.5, 0.6) is 0 Å². The molecule has 1 aromatic heterocycles. The molecule has 3 nitrogen and oxygen atoms in total. The number of benzene rings is 1. The van der Waals surface area contributed by atoms with Crippen molar-refractivity contribution in [3.63, 3.8) is 0 Å². The molecule has 2 N–H and O–H groups in total. The van der Waals surface area contributed by atoms with Crippen molar-refractivity contribution in [1.29, 1.82) is 5.26 Å². The summed E-state index contributed by atoms with van der Waals surface area (Å²) in [6.45, 7) is 0. The molecule has 1 heterocycles. The highest BCUT2D eigenvalue weighted by Crippen LogP contribution is 2.10. The van der Waals surface area contributed by atoms with Crippen molar-refractivity contribution in [2.45, 2.75) is 0 Å². The van der Waals surface area contributed by atoms with Gasteiger partial charge in [0.15, 0.2) is 5.69 Å². The summed E-state index contributed by atoms with van der Waals surface area (Å²) in [6, 6.07) is 10.7. The van der Waals surface area contributed by atoms with E-state index >= 15 is 0 Å². The van der Waals surface area contributed by atoms with Crippen molar-refractivity contribution in [1.82, 2.24) is 4.98 Å². The highest BCUT2D eigenvalue weighted by atomic mass is 35.5. The molecule has 0 aliphatic carbocycles. The molecule has 0 amide bonds. The fourth-order valence-electron chi connectivity index (χ4n) is 1.32. The van der Waals surface area contributed by atoms with E-state index in [9.17, 15) is 0 Å². The molecular formula is C14H8ClN3. The standard InChI is InChI=1S/C14H8ClN3/c15-12-5-3-10(4-6-12)1-2-11-7-13(17)14(8-16)18-9-11/h3-7,9H,17H2. The van der Waals surface area contributed by atoms with Gasteiger partial charge in [0.1, 0.15) is 6.07 Å². The fourth-order valence-corrected chi connectivity index (χ4v) is 1.45. The normalized spacial score (nSPS) is 9.11. The summed E-state index contributed by atoms with van der Waals surface area (Å²) in [5.74, 6) is 5.89. The van der Waals surface area contributed by atoms with Gasteiger partial charge in [-0.15, -0.1) is 0 Å². The van der Waals surface area contributed by atoms with Gasteiger partial charge in [-0.25, -0.2) is 4.98 Å². The summed E-state index contributed by atoms with van der Waals surface area (Å²) in [7, 11) is 0. The summed E-state index contributed by atoms with van der Waals surface area (Å²) in [5, 5.41) is 9.37. The lowest BCUT2D eigenvalue weighted by Gasteiger charge is -1.96. The lowest BCUT2D eigenvalue weighted by Crippen LogP contribution is -1.94. The molecule has 0 aliphatic heterocycles. The number of nitrogens with zero attached hydrogens (tertiary/aromatic N) is 2. The van der Waals surface area contributed by atoms with E-state index in [1.54, 1.807) is 18.2 Å². The third-order valence-corrected chi connectivity index (χ3v) is 2.47. The zero-order valence-corrected chi connectivity index (χ0v) is 10.1. The van der Waals surface area contributed by atoms with Crippen LogP contribution in [0.1, 0.15) is 16.8 Å². The summed E-state index contributed by atoms with van der Waals surface area (Å²) in [6.07, 6.45) is 1.53. The van der Waals surface area contributed by atoms with Gasteiger partial charge < -0.3 is 5.73 Å². The van der Waals surface area contributed by atoms with Crippen molar-refractivity contribution in [2.75, 3.05) is 5.73 Å². The van der Waals surface area contributed by atoms with Crippen LogP contribution in [-0.2, 0) is 0 Å². The SMILES string of the molecule is N#Cc1ncc(C#Cc2ccc(Cl)cc2)cc1N. The van der Waals surface area contributed by atoms with Crippen molar-refractivity contribution in [3.8, 4) is 17.9 Å². The third-order valence-electron chi connectivity index (χ3n) is 2.22.